The van der Waals surface area contributed by atoms with Gasteiger partial charge in [0.05, 0.1) is 26.2 Å². The van der Waals surface area contributed by atoms with Crippen LogP contribution in [-0.4, -0.2) is 31.9 Å². The molecular formula is C13H17NO4S. The fourth-order valence-corrected chi connectivity index (χ4v) is 2.45. The summed E-state index contributed by atoms with van der Waals surface area (Å²) < 4.78 is 9.25. The van der Waals surface area contributed by atoms with Gasteiger partial charge in [0.2, 0.25) is 0 Å². The topological polar surface area (TPSA) is 78.6 Å². The normalized spacial score (nSPS) is 10.1. The number of methoxy groups -OCH3 is 2. The molecule has 0 aliphatic heterocycles. The Hall–Kier alpha value is -1.69. The lowest BCUT2D eigenvalue weighted by Gasteiger charge is -2.10. The van der Waals surface area contributed by atoms with Crippen molar-refractivity contribution in [1.29, 1.82) is 0 Å². The van der Waals surface area contributed by atoms with Crippen LogP contribution in [0.25, 0.3) is 0 Å². The molecule has 2 N–H and O–H groups in total. The summed E-state index contributed by atoms with van der Waals surface area (Å²) >= 11 is 1.46. The molecule has 0 saturated carbocycles. The van der Waals surface area contributed by atoms with Gasteiger partial charge in [-0.3, -0.25) is 4.79 Å². The number of carbonyl (C=O) groups is 2. The molecule has 0 aliphatic rings. The molecule has 0 saturated heterocycles. The number of hydrogen-bond donors (Lipinski definition) is 1. The van der Waals surface area contributed by atoms with E-state index < -0.39 is 5.97 Å². The summed E-state index contributed by atoms with van der Waals surface area (Å²) in [5, 5.41) is 0. The number of anilines is 1. The number of esters is 2. The molecule has 5 nitrogen and oxygen atoms in total. The second-order valence-corrected chi connectivity index (χ2v) is 5.04. The van der Waals surface area contributed by atoms with Crippen molar-refractivity contribution in [2.75, 3.05) is 25.7 Å². The first-order valence-electron chi connectivity index (χ1n) is 5.67. The van der Waals surface area contributed by atoms with Crippen LogP contribution in [0, 0.1) is 6.92 Å². The Morgan fingerprint density at radius 1 is 1.26 bits per heavy atom. The number of rotatable bonds is 5. The van der Waals surface area contributed by atoms with Crippen molar-refractivity contribution in [1.82, 2.24) is 0 Å². The van der Waals surface area contributed by atoms with Crippen molar-refractivity contribution in [3.05, 3.63) is 23.3 Å². The summed E-state index contributed by atoms with van der Waals surface area (Å²) in [5.41, 5.74) is 7.42. The van der Waals surface area contributed by atoms with Crippen molar-refractivity contribution >= 4 is 29.4 Å². The zero-order chi connectivity index (χ0) is 14.4. The molecule has 0 aromatic heterocycles. The van der Waals surface area contributed by atoms with Crippen molar-refractivity contribution in [2.24, 2.45) is 0 Å². The lowest BCUT2D eigenvalue weighted by molar-refractivity contribution is -0.140. The predicted molar refractivity (Wildman–Crippen MR) is 74.3 cm³/mol. The van der Waals surface area contributed by atoms with Crippen molar-refractivity contribution in [3.8, 4) is 0 Å². The van der Waals surface area contributed by atoms with Gasteiger partial charge in [0.25, 0.3) is 0 Å². The number of hydrogen-bond acceptors (Lipinski definition) is 6. The summed E-state index contributed by atoms with van der Waals surface area (Å²) in [4.78, 5) is 23.5. The standard InChI is InChI=1S/C13H17NO4S/c1-8-6-9(19-5-4-11(15)17-2)7-10(12(8)14)13(16)18-3/h6-7H,4-5,14H2,1-3H3. The highest BCUT2D eigenvalue weighted by atomic mass is 32.2. The zero-order valence-corrected chi connectivity index (χ0v) is 12.0. The van der Waals surface area contributed by atoms with E-state index in [9.17, 15) is 9.59 Å². The van der Waals surface area contributed by atoms with Gasteiger partial charge in [0.15, 0.2) is 0 Å². The number of benzene rings is 1. The number of carbonyl (C=O) groups excluding carboxylic acids is 2. The van der Waals surface area contributed by atoms with Gasteiger partial charge in [-0.1, -0.05) is 0 Å². The van der Waals surface area contributed by atoms with E-state index in [1.54, 1.807) is 6.07 Å². The molecule has 104 valence electrons. The van der Waals surface area contributed by atoms with Crippen LogP contribution < -0.4 is 5.73 Å². The molecule has 0 amide bonds. The van der Waals surface area contributed by atoms with E-state index in [2.05, 4.69) is 9.47 Å². The van der Waals surface area contributed by atoms with Gasteiger partial charge in [-0.25, -0.2) is 4.79 Å². The summed E-state index contributed by atoms with van der Waals surface area (Å²) in [6, 6.07) is 3.56. The maximum absolute atomic E-state index is 11.6. The second kappa shape index (κ2) is 7.04. The quantitative estimate of drug-likeness (QED) is 0.506. The lowest BCUT2D eigenvalue weighted by Crippen LogP contribution is -2.07. The third kappa shape index (κ3) is 4.17. The molecule has 0 fully saturated rings. The molecule has 0 heterocycles. The van der Waals surface area contributed by atoms with E-state index >= 15 is 0 Å². The van der Waals surface area contributed by atoms with Crippen molar-refractivity contribution < 1.29 is 19.1 Å². The average molecular weight is 283 g/mol. The molecule has 1 rings (SSSR count). The minimum atomic E-state index is -0.462. The first kappa shape index (κ1) is 15.4. The van der Waals surface area contributed by atoms with Crippen molar-refractivity contribution in [2.45, 2.75) is 18.2 Å². The average Bonchev–Trinajstić information content (AvgIpc) is 2.41. The molecule has 1 aromatic rings. The van der Waals surface area contributed by atoms with Gasteiger partial charge in [0, 0.05) is 16.3 Å². The third-order valence-corrected chi connectivity index (χ3v) is 3.55. The predicted octanol–water partition coefficient (Wildman–Crippen LogP) is 2.02. The Kier molecular flexibility index (Phi) is 5.69. The number of aryl methyl sites for hydroxylation is 1. The summed E-state index contributed by atoms with van der Waals surface area (Å²) in [6.07, 6.45) is 0.318. The molecule has 0 bridgehead atoms. The van der Waals surface area contributed by atoms with Crippen molar-refractivity contribution in [3.63, 3.8) is 0 Å². The van der Waals surface area contributed by atoms with Crippen LogP contribution in [0.15, 0.2) is 17.0 Å². The van der Waals surface area contributed by atoms with Gasteiger partial charge >= 0.3 is 11.9 Å². The Labute approximate surface area is 116 Å². The van der Waals surface area contributed by atoms with E-state index in [0.717, 1.165) is 10.5 Å². The first-order valence-corrected chi connectivity index (χ1v) is 6.66. The van der Waals surface area contributed by atoms with Gasteiger partial charge in [-0.2, -0.15) is 0 Å². The zero-order valence-electron chi connectivity index (χ0n) is 11.2. The fourth-order valence-electron chi connectivity index (χ4n) is 1.48. The van der Waals surface area contributed by atoms with E-state index in [0.29, 0.717) is 23.4 Å². The molecule has 0 unspecified atom stereocenters. The van der Waals surface area contributed by atoms with Gasteiger partial charge < -0.3 is 15.2 Å². The fraction of sp³-hybridized carbons (Fsp3) is 0.385. The van der Waals surface area contributed by atoms with Gasteiger partial charge in [-0.05, 0) is 24.6 Å². The van der Waals surface area contributed by atoms with Crippen LogP contribution in [0.3, 0.4) is 0 Å². The highest BCUT2D eigenvalue weighted by Gasteiger charge is 2.13. The highest BCUT2D eigenvalue weighted by molar-refractivity contribution is 7.99. The number of nitrogen functional groups attached to an aromatic ring is 1. The molecule has 19 heavy (non-hydrogen) atoms. The molecule has 6 heteroatoms. The number of ether oxygens (including phenoxy) is 2. The molecule has 0 spiro atoms. The Morgan fingerprint density at radius 3 is 2.53 bits per heavy atom. The molecule has 0 aliphatic carbocycles. The molecule has 1 aromatic carbocycles. The van der Waals surface area contributed by atoms with E-state index in [1.807, 2.05) is 13.0 Å². The van der Waals surface area contributed by atoms with Crippen LogP contribution in [0.2, 0.25) is 0 Å². The Morgan fingerprint density at radius 2 is 1.95 bits per heavy atom. The number of nitrogens with two attached hydrogens (primary N) is 1. The Bertz CT molecular complexity index is 488. The van der Waals surface area contributed by atoms with Crippen LogP contribution in [-0.2, 0) is 14.3 Å². The second-order valence-electron chi connectivity index (χ2n) is 3.87. The van der Waals surface area contributed by atoms with Gasteiger partial charge in [-0.15, -0.1) is 11.8 Å². The van der Waals surface area contributed by atoms with Gasteiger partial charge in [0.1, 0.15) is 0 Å². The largest absolute Gasteiger partial charge is 0.469 e. The summed E-state index contributed by atoms with van der Waals surface area (Å²) in [6.45, 7) is 1.83. The van der Waals surface area contributed by atoms with Crippen LogP contribution >= 0.6 is 11.8 Å². The van der Waals surface area contributed by atoms with E-state index in [1.165, 1.54) is 26.0 Å². The van der Waals surface area contributed by atoms with Crippen LogP contribution in [0.5, 0.6) is 0 Å². The molecular weight excluding hydrogens is 266 g/mol. The molecule has 0 radical (unpaired) electrons. The third-order valence-electron chi connectivity index (χ3n) is 2.57. The minimum Gasteiger partial charge on any atom is -0.469 e. The summed E-state index contributed by atoms with van der Waals surface area (Å²) in [5.74, 6) is -0.139. The van der Waals surface area contributed by atoms with Crippen LogP contribution in [0.1, 0.15) is 22.3 Å². The minimum absolute atomic E-state index is 0.257. The Balaban J connectivity index is 2.82. The maximum Gasteiger partial charge on any atom is 0.340 e. The lowest BCUT2D eigenvalue weighted by atomic mass is 10.1. The first-order chi connectivity index (χ1) is 8.99. The SMILES string of the molecule is COC(=O)CCSc1cc(C)c(N)c(C(=O)OC)c1. The van der Waals surface area contributed by atoms with E-state index in [-0.39, 0.29) is 5.97 Å². The number of thioether (sulfide) groups is 1. The van der Waals surface area contributed by atoms with E-state index in [4.69, 9.17) is 5.73 Å². The maximum atomic E-state index is 11.6. The van der Waals surface area contributed by atoms with Crippen LogP contribution in [0.4, 0.5) is 5.69 Å². The summed E-state index contributed by atoms with van der Waals surface area (Å²) in [7, 11) is 2.67. The highest BCUT2D eigenvalue weighted by Crippen LogP contribution is 2.27. The monoisotopic (exact) mass is 283 g/mol. The smallest absolute Gasteiger partial charge is 0.340 e. The molecule has 0 atom stereocenters.